The van der Waals surface area contributed by atoms with E-state index in [-0.39, 0.29) is 12.2 Å². The lowest BCUT2D eigenvalue weighted by Gasteiger charge is -2.37. The van der Waals surface area contributed by atoms with Gasteiger partial charge in [0.05, 0.1) is 12.7 Å². The zero-order valence-corrected chi connectivity index (χ0v) is 9.43. The largest absolute Gasteiger partial charge is 0.390 e. The van der Waals surface area contributed by atoms with E-state index in [1.165, 1.54) is 17.5 Å². The monoisotopic (exact) mass is 218 g/mol. The van der Waals surface area contributed by atoms with E-state index in [2.05, 4.69) is 18.2 Å². The first-order valence-electron chi connectivity index (χ1n) is 6.24. The predicted octanol–water partition coefficient (Wildman–Crippen LogP) is 2.46. The number of fused-ring (bicyclic) bond motifs is 1. The first-order chi connectivity index (χ1) is 7.86. The van der Waals surface area contributed by atoms with Gasteiger partial charge in [-0.1, -0.05) is 30.7 Å². The van der Waals surface area contributed by atoms with E-state index in [4.69, 9.17) is 4.74 Å². The summed E-state index contributed by atoms with van der Waals surface area (Å²) in [6.07, 6.45) is 4.15. The van der Waals surface area contributed by atoms with E-state index in [1.807, 2.05) is 6.07 Å². The lowest BCUT2D eigenvalue weighted by atomic mass is 9.77. The van der Waals surface area contributed by atoms with Crippen molar-refractivity contribution in [3.8, 4) is 0 Å². The maximum atomic E-state index is 10.3. The Hall–Kier alpha value is -0.860. The summed E-state index contributed by atoms with van der Waals surface area (Å²) in [4.78, 5) is 0. The van der Waals surface area contributed by atoms with Crippen LogP contribution < -0.4 is 0 Å². The van der Waals surface area contributed by atoms with E-state index < -0.39 is 0 Å². The molecular weight excluding hydrogens is 200 g/mol. The van der Waals surface area contributed by atoms with Gasteiger partial charge < -0.3 is 9.84 Å². The fourth-order valence-corrected chi connectivity index (χ4v) is 2.74. The lowest BCUT2D eigenvalue weighted by molar-refractivity contribution is -0.0850. The van der Waals surface area contributed by atoms with Crippen molar-refractivity contribution in [2.45, 2.75) is 37.9 Å². The van der Waals surface area contributed by atoms with E-state index in [9.17, 15) is 5.11 Å². The van der Waals surface area contributed by atoms with Gasteiger partial charge >= 0.3 is 0 Å². The molecule has 2 unspecified atom stereocenters. The van der Waals surface area contributed by atoms with Gasteiger partial charge in [-0.15, -0.1) is 0 Å². The first kappa shape index (κ1) is 10.3. The van der Waals surface area contributed by atoms with E-state index in [0.29, 0.717) is 5.92 Å². The maximum absolute atomic E-state index is 10.3. The highest BCUT2D eigenvalue weighted by atomic mass is 16.5. The molecule has 1 heterocycles. The van der Waals surface area contributed by atoms with Crippen LogP contribution in [-0.4, -0.2) is 17.8 Å². The molecule has 1 aliphatic carbocycles. The maximum Gasteiger partial charge on any atom is 0.109 e. The topological polar surface area (TPSA) is 29.5 Å². The molecule has 1 aliphatic heterocycles. The van der Waals surface area contributed by atoms with Crippen LogP contribution in [0.3, 0.4) is 0 Å². The molecule has 16 heavy (non-hydrogen) atoms. The zero-order valence-electron chi connectivity index (χ0n) is 9.43. The molecule has 0 bridgehead atoms. The Morgan fingerprint density at radius 2 is 2.06 bits per heavy atom. The zero-order chi connectivity index (χ0) is 11.0. The van der Waals surface area contributed by atoms with Crippen LogP contribution in [0.4, 0.5) is 0 Å². The molecule has 0 spiro atoms. The number of aliphatic hydroxyl groups excluding tert-OH is 1. The van der Waals surface area contributed by atoms with Gasteiger partial charge in [0.2, 0.25) is 0 Å². The molecule has 0 aromatic heterocycles. The molecule has 86 valence electrons. The SMILES string of the molecule is OC(C1CCC1)C1OCCc2ccccc21. The summed E-state index contributed by atoms with van der Waals surface area (Å²) in [5.74, 6) is 0.455. The summed E-state index contributed by atoms with van der Waals surface area (Å²) >= 11 is 0. The first-order valence-corrected chi connectivity index (χ1v) is 6.24. The van der Waals surface area contributed by atoms with Gasteiger partial charge in [-0.3, -0.25) is 0 Å². The Morgan fingerprint density at radius 3 is 2.81 bits per heavy atom. The average molecular weight is 218 g/mol. The normalized spacial score (nSPS) is 26.9. The molecule has 3 rings (SSSR count). The van der Waals surface area contributed by atoms with Crippen LogP contribution in [0.5, 0.6) is 0 Å². The molecule has 0 radical (unpaired) electrons. The van der Waals surface area contributed by atoms with Gasteiger partial charge in [-0.25, -0.2) is 0 Å². The van der Waals surface area contributed by atoms with Gasteiger partial charge in [-0.05, 0) is 36.3 Å². The molecule has 2 atom stereocenters. The van der Waals surface area contributed by atoms with Gasteiger partial charge in [0.15, 0.2) is 0 Å². The van der Waals surface area contributed by atoms with Gasteiger partial charge in [-0.2, -0.15) is 0 Å². The third kappa shape index (κ3) is 1.66. The second-order valence-corrected chi connectivity index (χ2v) is 4.92. The summed E-state index contributed by atoms with van der Waals surface area (Å²) < 4.78 is 5.77. The molecule has 1 saturated carbocycles. The number of benzene rings is 1. The molecular formula is C14H18O2. The van der Waals surface area contributed by atoms with Crippen LogP contribution in [0.15, 0.2) is 24.3 Å². The molecule has 1 aromatic carbocycles. The lowest BCUT2D eigenvalue weighted by Crippen LogP contribution is -2.35. The molecule has 2 nitrogen and oxygen atoms in total. The van der Waals surface area contributed by atoms with Gasteiger partial charge in [0.1, 0.15) is 6.10 Å². The average Bonchev–Trinajstić information content (AvgIpc) is 2.26. The second kappa shape index (κ2) is 4.19. The van der Waals surface area contributed by atoms with Gasteiger partial charge in [0, 0.05) is 0 Å². The smallest absolute Gasteiger partial charge is 0.109 e. The number of rotatable bonds is 2. The minimum Gasteiger partial charge on any atom is -0.390 e. The summed E-state index contributed by atoms with van der Waals surface area (Å²) in [6, 6.07) is 8.35. The summed E-state index contributed by atoms with van der Waals surface area (Å²) in [7, 11) is 0. The van der Waals surface area contributed by atoms with Crippen molar-refractivity contribution in [3.05, 3.63) is 35.4 Å². The Balaban J connectivity index is 1.86. The fourth-order valence-electron chi connectivity index (χ4n) is 2.74. The van der Waals surface area contributed by atoms with Crippen molar-refractivity contribution >= 4 is 0 Å². The van der Waals surface area contributed by atoms with Crippen LogP contribution in [0, 0.1) is 5.92 Å². The van der Waals surface area contributed by atoms with Crippen molar-refractivity contribution in [2.75, 3.05) is 6.61 Å². The minimum absolute atomic E-state index is 0.0877. The Kier molecular flexibility index (Phi) is 2.70. The van der Waals surface area contributed by atoms with Crippen LogP contribution in [-0.2, 0) is 11.2 Å². The van der Waals surface area contributed by atoms with Crippen molar-refractivity contribution in [3.63, 3.8) is 0 Å². The van der Waals surface area contributed by atoms with Crippen LogP contribution in [0.2, 0.25) is 0 Å². The quantitative estimate of drug-likeness (QED) is 0.826. The molecule has 2 aliphatic rings. The van der Waals surface area contributed by atoms with Crippen molar-refractivity contribution < 1.29 is 9.84 Å². The fraction of sp³-hybridized carbons (Fsp3) is 0.571. The second-order valence-electron chi connectivity index (χ2n) is 4.92. The molecule has 0 saturated heterocycles. The number of hydrogen-bond donors (Lipinski definition) is 1. The standard InChI is InChI=1S/C14H18O2/c15-13(11-5-3-6-11)14-12-7-2-1-4-10(12)8-9-16-14/h1-2,4,7,11,13-15H,3,5-6,8-9H2. The van der Waals surface area contributed by atoms with E-state index in [0.717, 1.165) is 25.9 Å². The Labute approximate surface area is 96.2 Å². The predicted molar refractivity (Wildman–Crippen MR) is 62.2 cm³/mol. The molecule has 1 N–H and O–H groups in total. The summed E-state index contributed by atoms with van der Waals surface area (Å²) in [5.41, 5.74) is 2.55. The number of aliphatic hydroxyl groups is 1. The summed E-state index contributed by atoms with van der Waals surface area (Å²) in [5, 5.41) is 10.3. The minimum atomic E-state index is -0.310. The van der Waals surface area contributed by atoms with E-state index in [1.54, 1.807) is 0 Å². The van der Waals surface area contributed by atoms with Gasteiger partial charge in [0.25, 0.3) is 0 Å². The third-order valence-electron chi connectivity index (χ3n) is 3.97. The van der Waals surface area contributed by atoms with Crippen LogP contribution in [0.1, 0.15) is 36.5 Å². The third-order valence-corrected chi connectivity index (χ3v) is 3.97. The number of ether oxygens (including phenoxy) is 1. The summed E-state index contributed by atoms with van der Waals surface area (Å²) in [6.45, 7) is 0.742. The van der Waals surface area contributed by atoms with Crippen LogP contribution in [0.25, 0.3) is 0 Å². The highest BCUT2D eigenvalue weighted by molar-refractivity contribution is 5.31. The molecule has 1 aromatic rings. The van der Waals surface area contributed by atoms with Crippen LogP contribution >= 0.6 is 0 Å². The van der Waals surface area contributed by atoms with Crippen molar-refractivity contribution in [1.82, 2.24) is 0 Å². The molecule has 2 heteroatoms. The molecule has 1 fully saturated rings. The van der Waals surface area contributed by atoms with E-state index >= 15 is 0 Å². The number of hydrogen-bond acceptors (Lipinski definition) is 2. The highest BCUT2D eigenvalue weighted by Crippen LogP contribution is 2.39. The Bertz CT molecular complexity index is 371. The molecule has 0 amide bonds. The highest BCUT2D eigenvalue weighted by Gasteiger charge is 2.35. The Morgan fingerprint density at radius 1 is 1.25 bits per heavy atom. The van der Waals surface area contributed by atoms with Crippen molar-refractivity contribution in [1.29, 1.82) is 0 Å². The van der Waals surface area contributed by atoms with Crippen molar-refractivity contribution in [2.24, 2.45) is 5.92 Å².